The zero-order valence-corrected chi connectivity index (χ0v) is 14.2. The van der Waals surface area contributed by atoms with Gasteiger partial charge in [0.15, 0.2) is 5.96 Å². The molecule has 0 aliphatic carbocycles. The van der Waals surface area contributed by atoms with Crippen LogP contribution in [0.5, 0.6) is 0 Å². The van der Waals surface area contributed by atoms with E-state index in [-0.39, 0.29) is 5.97 Å². The van der Waals surface area contributed by atoms with Crippen LogP contribution in [0, 0.1) is 0 Å². The van der Waals surface area contributed by atoms with E-state index >= 15 is 0 Å². The molecular weight excluding hydrogens is 266 g/mol. The second kappa shape index (κ2) is 13.7. The van der Waals surface area contributed by atoms with Crippen LogP contribution in [-0.2, 0) is 9.53 Å². The first kappa shape index (κ1) is 19.7. The molecule has 0 heterocycles. The van der Waals surface area contributed by atoms with Crippen LogP contribution < -0.4 is 10.6 Å². The number of guanidine groups is 1. The molecule has 0 spiro atoms. The van der Waals surface area contributed by atoms with E-state index in [2.05, 4.69) is 34.2 Å². The standard InChI is InChI=1S/C16H33N3O2/c1-5-6-7-8-11-14(2)19-16(17-3)18-13-10-9-12-15(20)21-4/h14H,5-13H2,1-4H3,(H2,17,18,19). The fraction of sp³-hybridized carbons (Fsp3) is 0.875. The fourth-order valence-corrected chi connectivity index (χ4v) is 2.08. The molecule has 21 heavy (non-hydrogen) atoms. The fourth-order valence-electron chi connectivity index (χ4n) is 2.08. The monoisotopic (exact) mass is 299 g/mol. The Morgan fingerprint density at radius 2 is 1.95 bits per heavy atom. The Labute approximate surface area is 129 Å². The SMILES string of the molecule is CCCCCCC(C)NC(=NC)NCCCCC(=O)OC. The van der Waals surface area contributed by atoms with Gasteiger partial charge in [0.25, 0.3) is 0 Å². The van der Waals surface area contributed by atoms with Gasteiger partial charge in [-0.05, 0) is 26.2 Å². The van der Waals surface area contributed by atoms with Gasteiger partial charge in [-0.2, -0.15) is 0 Å². The van der Waals surface area contributed by atoms with E-state index in [1.54, 1.807) is 7.05 Å². The zero-order valence-electron chi connectivity index (χ0n) is 14.2. The Morgan fingerprint density at radius 3 is 2.57 bits per heavy atom. The van der Waals surface area contributed by atoms with Crippen molar-refractivity contribution in [1.82, 2.24) is 10.6 Å². The average molecular weight is 299 g/mol. The van der Waals surface area contributed by atoms with Crippen molar-refractivity contribution < 1.29 is 9.53 Å². The molecule has 124 valence electrons. The third-order valence-electron chi connectivity index (χ3n) is 3.43. The Kier molecular flexibility index (Phi) is 12.9. The summed E-state index contributed by atoms with van der Waals surface area (Å²) in [7, 11) is 3.21. The van der Waals surface area contributed by atoms with Crippen LogP contribution >= 0.6 is 0 Å². The summed E-state index contributed by atoms with van der Waals surface area (Å²) in [4.78, 5) is 15.2. The van der Waals surface area contributed by atoms with Gasteiger partial charge in [0.05, 0.1) is 7.11 Å². The van der Waals surface area contributed by atoms with Crippen molar-refractivity contribution in [1.29, 1.82) is 0 Å². The maximum absolute atomic E-state index is 11.0. The minimum Gasteiger partial charge on any atom is -0.469 e. The van der Waals surface area contributed by atoms with Crippen LogP contribution in [0.3, 0.4) is 0 Å². The number of esters is 1. The molecule has 0 aliphatic rings. The summed E-state index contributed by atoms with van der Waals surface area (Å²) in [5.74, 6) is 0.703. The van der Waals surface area contributed by atoms with Gasteiger partial charge >= 0.3 is 5.97 Å². The first-order valence-electron chi connectivity index (χ1n) is 8.18. The van der Waals surface area contributed by atoms with E-state index < -0.39 is 0 Å². The molecule has 0 saturated heterocycles. The van der Waals surface area contributed by atoms with Crippen LogP contribution in [-0.4, -0.2) is 38.7 Å². The number of carbonyl (C=O) groups is 1. The Morgan fingerprint density at radius 1 is 1.19 bits per heavy atom. The number of aliphatic imine (C=N–C) groups is 1. The number of methoxy groups -OCH3 is 1. The summed E-state index contributed by atoms with van der Waals surface area (Å²) in [6, 6.07) is 0.433. The molecule has 0 aliphatic heterocycles. The predicted octanol–water partition coefficient (Wildman–Crippen LogP) is 2.85. The van der Waals surface area contributed by atoms with Gasteiger partial charge in [-0.25, -0.2) is 0 Å². The molecule has 0 aromatic carbocycles. The number of hydrogen-bond acceptors (Lipinski definition) is 3. The number of hydrogen-bond donors (Lipinski definition) is 2. The smallest absolute Gasteiger partial charge is 0.305 e. The predicted molar refractivity (Wildman–Crippen MR) is 88.6 cm³/mol. The van der Waals surface area contributed by atoms with E-state index in [0.717, 1.165) is 25.3 Å². The Hall–Kier alpha value is -1.26. The largest absolute Gasteiger partial charge is 0.469 e. The molecule has 0 fully saturated rings. The van der Waals surface area contributed by atoms with Crippen LogP contribution in [0.4, 0.5) is 0 Å². The lowest BCUT2D eigenvalue weighted by molar-refractivity contribution is -0.140. The zero-order chi connectivity index (χ0) is 15.9. The molecule has 5 heteroatoms. The highest BCUT2D eigenvalue weighted by molar-refractivity contribution is 5.79. The van der Waals surface area contributed by atoms with Gasteiger partial charge in [0.1, 0.15) is 0 Å². The number of ether oxygens (including phenoxy) is 1. The molecule has 1 unspecified atom stereocenters. The van der Waals surface area contributed by atoms with Crippen LogP contribution in [0.2, 0.25) is 0 Å². The maximum Gasteiger partial charge on any atom is 0.305 e. The normalized spacial score (nSPS) is 12.9. The minimum atomic E-state index is -0.141. The second-order valence-corrected chi connectivity index (χ2v) is 5.43. The third-order valence-corrected chi connectivity index (χ3v) is 3.43. The highest BCUT2D eigenvalue weighted by Gasteiger charge is 2.05. The quantitative estimate of drug-likeness (QED) is 0.266. The molecule has 0 aromatic heterocycles. The van der Waals surface area contributed by atoms with Gasteiger partial charge in [0, 0.05) is 26.1 Å². The van der Waals surface area contributed by atoms with Crippen molar-refractivity contribution in [2.45, 2.75) is 71.3 Å². The molecule has 1 atom stereocenters. The lowest BCUT2D eigenvalue weighted by atomic mass is 10.1. The average Bonchev–Trinajstić information content (AvgIpc) is 2.49. The summed E-state index contributed by atoms with van der Waals surface area (Å²) in [6.07, 6.45) is 8.59. The molecule has 0 bridgehead atoms. The summed E-state index contributed by atoms with van der Waals surface area (Å²) >= 11 is 0. The van der Waals surface area contributed by atoms with Gasteiger partial charge in [-0.1, -0.05) is 32.6 Å². The number of nitrogens with zero attached hydrogens (tertiary/aromatic N) is 1. The first-order valence-corrected chi connectivity index (χ1v) is 8.18. The van der Waals surface area contributed by atoms with Crippen molar-refractivity contribution in [2.24, 2.45) is 4.99 Å². The Balaban J connectivity index is 3.68. The molecule has 0 amide bonds. The number of rotatable bonds is 11. The van der Waals surface area contributed by atoms with Crippen molar-refractivity contribution in [3.63, 3.8) is 0 Å². The van der Waals surface area contributed by atoms with E-state index in [1.807, 2.05) is 0 Å². The topological polar surface area (TPSA) is 62.7 Å². The van der Waals surface area contributed by atoms with Gasteiger partial charge in [-0.3, -0.25) is 9.79 Å². The summed E-state index contributed by atoms with van der Waals surface area (Å²) in [6.45, 7) is 5.24. The van der Waals surface area contributed by atoms with Gasteiger partial charge < -0.3 is 15.4 Å². The maximum atomic E-state index is 11.0. The number of unbranched alkanes of at least 4 members (excludes halogenated alkanes) is 4. The van der Waals surface area contributed by atoms with Crippen molar-refractivity contribution >= 4 is 11.9 Å². The Bertz CT molecular complexity index is 293. The third kappa shape index (κ3) is 12.2. The van der Waals surface area contributed by atoms with Crippen molar-refractivity contribution in [3.05, 3.63) is 0 Å². The highest BCUT2D eigenvalue weighted by Crippen LogP contribution is 2.05. The van der Waals surface area contributed by atoms with Crippen molar-refractivity contribution in [3.8, 4) is 0 Å². The van der Waals surface area contributed by atoms with Crippen LogP contribution in [0.15, 0.2) is 4.99 Å². The van der Waals surface area contributed by atoms with E-state index in [0.29, 0.717) is 12.5 Å². The molecule has 0 rings (SSSR count). The molecule has 0 radical (unpaired) electrons. The number of nitrogens with one attached hydrogen (secondary N) is 2. The van der Waals surface area contributed by atoms with E-state index in [1.165, 1.54) is 39.2 Å². The van der Waals surface area contributed by atoms with E-state index in [4.69, 9.17) is 0 Å². The van der Waals surface area contributed by atoms with Gasteiger partial charge in [0.2, 0.25) is 0 Å². The molecule has 5 nitrogen and oxygen atoms in total. The van der Waals surface area contributed by atoms with Crippen LogP contribution in [0.25, 0.3) is 0 Å². The molecule has 0 saturated carbocycles. The molecule has 0 aromatic rings. The minimum absolute atomic E-state index is 0.141. The summed E-state index contributed by atoms with van der Waals surface area (Å²) in [5.41, 5.74) is 0. The summed E-state index contributed by atoms with van der Waals surface area (Å²) < 4.78 is 4.61. The van der Waals surface area contributed by atoms with Gasteiger partial charge in [-0.15, -0.1) is 0 Å². The van der Waals surface area contributed by atoms with Crippen LogP contribution in [0.1, 0.15) is 65.2 Å². The summed E-state index contributed by atoms with van der Waals surface area (Å²) in [5, 5.41) is 6.68. The number of carbonyl (C=O) groups excluding carboxylic acids is 1. The lowest BCUT2D eigenvalue weighted by Gasteiger charge is -2.17. The molecule has 2 N–H and O–H groups in total. The first-order chi connectivity index (χ1) is 10.1. The lowest BCUT2D eigenvalue weighted by Crippen LogP contribution is -2.42. The molecular formula is C16H33N3O2. The highest BCUT2D eigenvalue weighted by atomic mass is 16.5. The second-order valence-electron chi connectivity index (χ2n) is 5.43. The van der Waals surface area contributed by atoms with Crippen molar-refractivity contribution in [2.75, 3.05) is 20.7 Å². The van der Waals surface area contributed by atoms with E-state index in [9.17, 15) is 4.79 Å².